The fourth-order valence-electron chi connectivity index (χ4n) is 3.02. The minimum Gasteiger partial charge on any atom is -0.475 e. The lowest BCUT2D eigenvalue weighted by Gasteiger charge is -2.33. The Balaban J connectivity index is 1.53. The van der Waals surface area contributed by atoms with Gasteiger partial charge in [-0.3, -0.25) is 4.79 Å². The Morgan fingerprint density at radius 2 is 2.32 bits per heavy atom. The lowest BCUT2D eigenvalue weighted by Crippen LogP contribution is -2.42. The molecule has 4 heterocycles. The van der Waals surface area contributed by atoms with Gasteiger partial charge in [-0.2, -0.15) is 0 Å². The van der Waals surface area contributed by atoms with Gasteiger partial charge in [0.15, 0.2) is 5.76 Å². The van der Waals surface area contributed by atoms with Crippen LogP contribution in [0.3, 0.4) is 0 Å². The van der Waals surface area contributed by atoms with Crippen molar-refractivity contribution in [3.63, 3.8) is 0 Å². The number of carbonyl (C=O) groups excluding carboxylic acids is 1. The number of amides is 1. The van der Waals surface area contributed by atoms with E-state index in [1.54, 1.807) is 36.0 Å². The Bertz CT molecular complexity index is 871. The van der Waals surface area contributed by atoms with Crippen molar-refractivity contribution < 1.29 is 13.9 Å². The number of imidazole rings is 1. The lowest BCUT2D eigenvalue weighted by molar-refractivity contribution is 0.0613. The smallest absolute Gasteiger partial charge is 0.290 e. The van der Waals surface area contributed by atoms with Gasteiger partial charge < -0.3 is 18.6 Å². The predicted molar refractivity (Wildman–Crippen MR) is 89.2 cm³/mol. The SMILES string of the molecule is Cc1ccoc1C(=O)N1Cc2cncn2[C@@H](COc2ccccn2)C1. The van der Waals surface area contributed by atoms with E-state index >= 15 is 0 Å². The number of hydrogen-bond acceptors (Lipinski definition) is 5. The van der Waals surface area contributed by atoms with Crippen molar-refractivity contribution in [1.29, 1.82) is 0 Å². The van der Waals surface area contributed by atoms with Crippen LogP contribution in [0, 0.1) is 6.92 Å². The summed E-state index contributed by atoms with van der Waals surface area (Å²) in [4.78, 5) is 22.9. The molecule has 0 spiro atoms. The molecule has 0 saturated carbocycles. The molecule has 4 rings (SSSR count). The van der Waals surface area contributed by atoms with Crippen LogP contribution >= 0.6 is 0 Å². The van der Waals surface area contributed by atoms with E-state index in [-0.39, 0.29) is 11.9 Å². The monoisotopic (exact) mass is 338 g/mol. The maximum atomic E-state index is 12.8. The summed E-state index contributed by atoms with van der Waals surface area (Å²) in [6, 6.07) is 7.29. The van der Waals surface area contributed by atoms with Crippen LogP contribution in [0.1, 0.15) is 27.9 Å². The van der Waals surface area contributed by atoms with Gasteiger partial charge in [-0.15, -0.1) is 0 Å². The number of aromatic nitrogens is 3. The van der Waals surface area contributed by atoms with Crippen LogP contribution < -0.4 is 4.74 Å². The zero-order valence-corrected chi connectivity index (χ0v) is 13.8. The molecule has 1 atom stereocenters. The summed E-state index contributed by atoms with van der Waals surface area (Å²) in [5, 5.41) is 0. The van der Waals surface area contributed by atoms with Crippen molar-refractivity contribution in [3.8, 4) is 5.88 Å². The standard InChI is InChI=1S/C18H18N4O3/c1-13-5-7-24-17(13)18(23)21-9-14-8-19-12-22(14)15(10-21)11-25-16-4-2-3-6-20-16/h2-8,12,15H,9-11H2,1H3/t15-/m1/s1. The summed E-state index contributed by atoms with van der Waals surface area (Å²) >= 11 is 0. The molecule has 0 aliphatic carbocycles. The van der Waals surface area contributed by atoms with Crippen LogP contribution in [-0.2, 0) is 6.54 Å². The summed E-state index contributed by atoms with van der Waals surface area (Å²) in [6.07, 6.45) is 6.79. The molecular formula is C18H18N4O3. The fraction of sp³-hybridized carbons (Fsp3) is 0.278. The molecule has 0 fully saturated rings. The Hall–Kier alpha value is -3.09. The van der Waals surface area contributed by atoms with Crippen molar-refractivity contribution in [2.45, 2.75) is 19.5 Å². The van der Waals surface area contributed by atoms with Crippen molar-refractivity contribution in [2.75, 3.05) is 13.2 Å². The molecule has 3 aromatic heterocycles. The fourth-order valence-corrected chi connectivity index (χ4v) is 3.02. The predicted octanol–water partition coefficient (Wildman–Crippen LogP) is 2.46. The van der Waals surface area contributed by atoms with Crippen LogP contribution in [-0.4, -0.2) is 38.5 Å². The van der Waals surface area contributed by atoms with Gasteiger partial charge in [0.05, 0.1) is 30.9 Å². The molecule has 3 aromatic rings. The normalized spacial score (nSPS) is 16.5. The van der Waals surface area contributed by atoms with Gasteiger partial charge in [-0.1, -0.05) is 6.07 Å². The van der Waals surface area contributed by atoms with Gasteiger partial charge in [0, 0.05) is 30.6 Å². The topological polar surface area (TPSA) is 73.4 Å². The summed E-state index contributed by atoms with van der Waals surface area (Å²) in [5.74, 6) is 0.838. The number of nitrogens with zero attached hydrogens (tertiary/aromatic N) is 4. The molecule has 1 aliphatic rings. The third-order valence-electron chi connectivity index (χ3n) is 4.33. The Labute approximate surface area is 144 Å². The van der Waals surface area contributed by atoms with Crippen LogP contribution in [0.2, 0.25) is 0 Å². The summed E-state index contributed by atoms with van der Waals surface area (Å²) in [5.41, 5.74) is 1.81. The quantitative estimate of drug-likeness (QED) is 0.730. The third-order valence-corrected chi connectivity index (χ3v) is 4.33. The van der Waals surface area contributed by atoms with Gasteiger partial charge in [0.2, 0.25) is 5.88 Å². The summed E-state index contributed by atoms with van der Waals surface area (Å²) < 4.78 is 13.2. The number of aryl methyl sites for hydroxylation is 1. The molecule has 0 unspecified atom stereocenters. The molecule has 1 amide bonds. The third kappa shape index (κ3) is 3.00. The number of pyridine rings is 1. The highest BCUT2D eigenvalue weighted by Crippen LogP contribution is 2.24. The summed E-state index contributed by atoms with van der Waals surface area (Å²) in [6.45, 7) is 3.29. The van der Waals surface area contributed by atoms with Crippen LogP contribution in [0.25, 0.3) is 0 Å². The van der Waals surface area contributed by atoms with E-state index in [1.807, 2.05) is 25.1 Å². The van der Waals surface area contributed by atoms with E-state index in [2.05, 4.69) is 14.5 Å². The first-order valence-electron chi connectivity index (χ1n) is 8.10. The second kappa shape index (κ2) is 6.43. The van der Waals surface area contributed by atoms with Crippen molar-refractivity contribution in [2.24, 2.45) is 0 Å². The van der Waals surface area contributed by atoms with E-state index in [4.69, 9.17) is 9.15 Å². The van der Waals surface area contributed by atoms with Gasteiger partial charge in [0.1, 0.15) is 6.61 Å². The van der Waals surface area contributed by atoms with E-state index in [9.17, 15) is 4.79 Å². The molecule has 1 aliphatic heterocycles. The first-order chi connectivity index (χ1) is 12.2. The average Bonchev–Trinajstić information content (AvgIpc) is 3.28. The highest BCUT2D eigenvalue weighted by molar-refractivity contribution is 5.92. The van der Waals surface area contributed by atoms with E-state index in [0.717, 1.165) is 11.3 Å². The summed E-state index contributed by atoms with van der Waals surface area (Å²) in [7, 11) is 0. The first-order valence-corrected chi connectivity index (χ1v) is 8.10. The molecule has 0 aromatic carbocycles. The Morgan fingerprint density at radius 1 is 1.40 bits per heavy atom. The second-order valence-electron chi connectivity index (χ2n) is 6.04. The zero-order valence-electron chi connectivity index (χ0n) is 13.8. The van der Waals surface area contributed by atoms with Crippen LogP contribution in [0.5, 0.6) is 5.88 Å². The number of rotatable bonds is 4. The Kier molecular flexibility index (Phi) is 3.97. The highest BCUT2D eigenvalue weighted by Gasteiger charge is 2.30. The van der Waals surface area contributed by atoms with E-state index in [0.29, 0.717) is 31.3 Å². The largest absolute Gasteiger partial charge is 0.475 e. The van der Waals surface area contributed by atoms with E-state index in [1.165, 1.54) is 0 Å². The maximum absolute atomic E-state index is 12.8. The van der Waals surface area contributed by atoms with Crippen LogP contribution in [0.15, 0.2) is 53.7 Å². The number of furan rings is 1. The first kappa shape index (κ1) is 15.4. The maximum Gasteiger partial charge on any atom is 0.290 e. The van der Waals surface area contributed by atoms with Crippen molar-refractivity contribution in [1.82, 2.24) is 19.4 Å². The molecule has 0 radical (unpaired) electrons. The molecule has 0 N–H and O–H groups in total. The minimum atomic E-state index is -0.113. The molecule has 0 saturated heterocycles. The number of fused-ring (bicyclic) bond motifs is 1. The highest BCUT2D eigenvalue weighted by atomic mass is 16.5. The number of carbonyl (C=O) groups is 1. The van der Waals surface area contributed by atoms with Gasteiger partial charge >= 0.3 is 0 Å². The average molecular weight is 338 g/mol. The number of hydrogen-bond donors (Lipinski definition) is 0. The van der Waals surface area contributed by atoms with Gasteiger partial charge in [-0.25, -0.2) is 9.97 Å². The minimum absolute atomic E-state index is 0.0347. The molecule has 7 heteroatoms. The lowest BCUT2D eigenvalue weighted by atomic mass is 10.1. The molecule has 25 heavy (non-hydrogen) atoms. The van der Waals surface area contributed by atoms with Crippen LogP contribution in [0.4, 0.5) is 0 Å². The Morgan fingerprint density at radius 3 is 3.08 bits per heavy atom. The molecule has 0 bridgehead atoms. The van der Waals surface area contributed by atoms with E-state index < -0.39 is 0 Å². The second-order valence-corrected chi connectivity index (χ2v) is 6.04. The molecular weight excluding hydrogens is 320 g/mol. The van der Waals surface area contributed by atoms with Crippen molar-refractivity contribution >= 4 is 5.91 Å². The number of ether oxygens (including phenoxy) is 1. The van der Waals surface area contributed by atoms with Gasteiger partial charge in [-0.05, 0) is 19.1 Å². The molecule has 128 valence electrons. The van der Waals surface area contributed by atoms with Crippen molar-refractivity contribution in [3.05, 3.63) is 66.3 Å². The van der Waals surface area contributed by atoms with Gasteiger partial charge in [0.25, 0.3) is 5.91 Å². The zero-order chi connectivity index (χ0) is 17.2. The molecule has 7 nitrogen and oxygen atoms in total.